The number of hydrogen-bond donors (Lipinski definition) is 1. The van der Waals surface area contributed by atoms with Crippen LogP contribution in [0.2, 0.25) is 0 Å². The predicted octanol–water partition coefficient (Wildman–Crippen LogP) is 2.46. The lowest BCUT2D eigenvalue weighted by Crippen LogP contribution is -2.02. The molecule has 0 amide bonds. The molecule has 3 heteroatoms. The standard InChI is InChI=1S/C15H18N2O/c1-17-15(12-7-3-2-6-11(12)10-18)13-8-4-5-9-14(13)16-17/h2-3,6-7,18H,4-5,8-10H2,1H3. The molecule has 0 spiro atoms. The fraction of sp³-hybridized carbons (Fsp3) is 0.400. The van der Waals surface area contributed by atoms with Crippen molar-refractivity contribution < 1.29 is 5.11 Å². The largest absolute Gasteiger partial charge is 0.392 e. The number of aromatic nitrogens is 2. The Labute approximate surface area is 107 Å². The summed E-state index contributed by atoms with van der Waals surface area (Å²) in [5.74, 6) is 0. The van der Waals surface area contributed by atoms with Gasteiger partial charge < -0.3 is 5.11 Å². The molecule has 1 N–H and O–H groups in total. The number of benzene rings is 1. The fourth-order valence-electron chi connectivity index (χ4n) is 2.91. The van der Waals surface area contributed by atoms with Gasteiger partial charge in [-0.15, -0.1) is 0 Å². The van der Waals surface area contributed by atoms with Gasteiger partial charge in [0.1, 0.15) is 0 Å². The van der Waals surface area contributed by atoms with Crippen molar-refractivity contribution in [2.24, 2.45) is 7.05 Å². The summed E-state index contributed by atoms with van der Waals surface area (Å²) in [6.07, 6.45) is 4.68. The smallest absolute Gasteiger partial charge is 0.0717 e. The van der Waals surface area contributed by atoms with Gasteiger partial charge in [0.2, 0.25) is 0 Å². The second kappa shape index (κ2) is 4.58. The topological polar surface area (TPSA) is 38.0 Å². The number of nitrogens with zero attached hydrogens (tertiary/aromatic N) is 2. The van der Waals surface area contributed by atoms with Gasteiger partial charge in [-0.05, 0) is 31.2 Å². The highest BCUT2D eigenvalue weighted by Crippen LogP contribution is 2.32. The van der Waals surface area contributed by atoms with E-state index in [0.717, 1.165) is 24.0 Å². The molecule has 0 fully saturated rings. The van der Waals surface area contributed by atoms with E-state index in [-0.39, 0.29) is 6.61 Å². The van der Waals surface area contributed by atoms with E-state index in [0.29, 0.717) is 0 Å². The summed E-state index contributed by atoms with van der Waals surface area (Å²) in [6, 6.07) is 8.06. The molecule has 1 heterocycles. The molecule has 0 aliphatic heterocycles. The lowest BCUT2D eigenvalue weighted by Gasteiger charge is -2.13. The molecular formula is C15H18N2O. The summed E-state index contributed by atoms with van der Waals surface area (Å²) < 4.78 is 1.98. The Bertz CT molecular complexity index is 572. The Morgan fingerprint density at radius 1 is 1.22 bits per heavy atom. The van der Waals surface area contributed by atoms with Gasteiger partial charge in [-0.2, -0.15) is 5.10 Å². The highest BCUT2D eigenvalue weighted by molar-refractivity contribution is 5.68. The molecular weight excluding hydrogens is 224 g/mol. The number of aliphatic hydroxyl groups is 1. The van der Waals surface area contributed by atoms with E-state index in [9.17, 15) is 5.11 Å². The van der Waals surface area contributed by atoms with Gasteiger partial charge in [-0.1, -0.05) is 24.3 Å². The van der Waals surface area contributed by atoms with Gasteiger partial charge in [0.05, 0.1) is 18.0 Å². The zero-order chi connectivity index (χ0) is 12.5. The third-order valence-corrected chi connectivity index (χ3v) is 3.76. The van der Waals surface area contributed by atoms with Crippen LogP contribution in [0.4, 0.5) is 0 Å². The van der Waals surface area contributed by atoms with Crippen molar-refractivity contribution in [2.75, 3.05) is 0 Å². The molecule has 1 aliphatic carbocycles. The number of fused-ring (bicyclic) bond motifs is 1. The Morgan fingerprint density at radius 2 is 2.00 bits per heavy atom. The van der Waals surface area contributed by atoms with Crippen molar-refractivity contribution in [3.05, 3.63) is 41.1 Å². The molecule has 0 unspecified atom stereocenters. The van der Waals surface area contributed by atoms with Crippen molar-refractivity contribution in [1.82, 2.24) is 9.78 Å². The van der Waals surface area contributed by atoms with Crippen LogP contribution in [0.15, 0.2) is 24.3 Å². The lowest BCUT2D eigenvalue weighted by atomic mass is 9.92. The van der Waals surface area contributed by atoms with E-state index in [1.54, 1.807) is 0 Å². The average molecular weight is 242 g/mol. The zero-order valence-corrected chi connectivity index (χ0v) is 10.7. The molecule has 94 valence electrons. The molecule has 3 nitrogen and oxygen atoms in total. The minimum Gasteiger partial charge on any atom is -0.392 e. The third kappa shape index (κ3) is 1.75. The summed E-state index contributed by atoms with van der Waals surface area (Å²) >= 11 is 0. The Kier molecular flexibility index (Phi) is 2.92. The normalized spacial score (nSPS) is 14.6. The molecule has 2 aromatic rings. The fourth-order valence-corrected chi connectivity index (χ4v) is 2.91. The number of aryl methyl sites for hydroxylation is 2. The van der Waals surface area contributed by atoms with Gasteiger partial charge in [0.15, 0.2) is 0 Å². The molecule has 18 heavy (non-hydrogen) atoms. The summed E-state index contributed by atoms with van der Waals surface area (Å²) in [5.41, 5.74) is 5.91. The molecule has 0 bridgehead atoms. The van der Waals surface area contributed by atoms with Gasteiger partial charge >= 0.3 is 0 Å². The summed E-state index contributed by atoms with van der Waals surface area (Å²) in [7, 11) is 2.00. The maximum Gasteiger partial charge on any atom is 0.0717 e. The summed E-state index contributed by atoms with van der Waals surface area (Å²) in [4.78, 5) is 0. The number of hydrogen-bond acceptors (Lipinski definition) is 2. The van der Waals surface area contributed by atoms with E-state index < -0.39 is 0 Å². The first-order valence-electron chi connectivity index (χ1n) is 6.55. The van der Waals surface area contributed by atoms with Crippen LogP contribution in [0, 0.1) is 0 Å². The quantitative estimate of drug-likeness (QED) is 0.878. The van der Waals surface area contributed by atoms with Crippen LogP contribution < -0.4 is 0 Å². The second-order valence-electron chi connectivity index (χ2n) is 4.92. The van der Waals surface area contributed by atoms with E-state index in [1.165, 1.54) is 29.8 Å². The molecule has 1 aromatic carbocycles. The molecule has 3 rings (SSSR count). The monoisotopic (exact) mass is 242 g/mol. The molecule has 1 aliphatic rings. The summed E-state index contributed by atoms with van der Waals surface area (Å²) in [5, 5.41) is 14.1. The Morgan fingerprint density at radius 3 is 2.83 bits per heavy atom. The first-order valence-corrected chi connectivity index (χ1v) is 6.55. The second-order valence-corrected chi connectivity index (χ2v) is 4.92. The van der Waals surface area contributed by atoms with Gasteiger partial charge in [0.25, 0.3) is 0 Å². The van der Waals surface area contributed by atoms with E-state index in [1.807, 2.05) is 29.9 Å². The van der Waals surface area contributed by atoms with Crippen LogP contribution in [0.25, 0.3) is 11.3 Å². The first kappa shape index (κ1) is 11.5. The Balaban J connectivity index is 2.19. The third-order valence-electron chi connectivity index (χ3n) is 3.76. The van der Waals surface area contributed by atoms with Crippen LogP contribution in [-0.4, -0.2) is 14.9 Å². The first-order chi connectivity index (χ1) is 8.81. The SMILES string of the molecule is Cn1nc2c(c1-c1ccccc1CO)CCCC2. The molecule has 0 atom stereocenters. The molecule has 0 saturated carbocycles. The predicted molar refractivity (Wildman–Crippen MR) is 71.2 cm³/mol. The van der Waals surface area contributed by atoms with E-state index in [4.69, 9.17) is 0 Å². The molecule has 1 aromatic heterocycles. The van der Waals surface area contributed by atoms with Crippen molar-refractivity contribution in [3.8, 4) is 11.3 Å². The lowest BCUT2D eigenvalue weighted by molar-refractivity contribution is 0.282. The summed E-state index contributed by atoms with van der Waals surface area (Å²) in [6.45, 7) is 0.0795. The molecule has 0 saturated heterocycles. The maximum absolute atomic E-state index is 9.48. The van der Waals surface area contributed by atoms with E-state index in [2.05, 4.69) is 11.2 Å². The van der Waals surface area contributed by atoms with Crippen molar-refractivity contribution >= 4 is 0 Å². The average Bonchev–Trinajstić information content (AvgIpc) is 2.74. The van der Waals surface area contributed by atoms with Crippen LogP contribution in [0.1, 0.15) is 29.7 Å². The van der Waals surface area contributed by atoms with Crippen molar-refractivity contribution in [2.45, 2.75) is 32.3 Å². The van der Waals surface area contributed by atoms with Crippen molar-refractivity contribution in [1.29, 1.82) is 0 Å². The number of rotatable bonds is 2. The zero-order valence-electron chi connectivity index (χ0n) is 10.7. The van der Waals surface area contributed by atoms with Gasteiger partial charge in [-0.25, -0.2) is 0 Å². The maximum atomic E-state index is 9.48. The van der Waals surface area contributed by atoms with E-state index >= 15 is 0 Å². The van der Waals surface area contributed by atoms with Crippen LogP contribution >= 0.6 is 0 Å². The van der Waals surface area contributed by atoms with Crippen LogP contribution in [0.3, 0.4) is 0 Å². The van der Waals surface area contributed by atoms with Crippen molar-refractivity contribution in [3.63, 3.8) is 0 Å². The Hall–Kier alpha value is -1.61. The number of aliphatic hydroxyl groups excluding tert-OH is 1. The minimum atomic E-state index is 0.0795. The van der Waals surface area contributed by atoms with Gasteiger partial charge in [0, 0.05) is 18.2 Å². The molecule has 0 radical (unpaired) electrons. The highest BCUT2D eigenvalue weighted by Gasteiger charge is 2.21. The van der Waals surface area contributed by atoms with Gasteiger partial charge in [-0.3, -0.25) is 4.68 Å². The minimum absolute atomic E-state index is 0.0795. The van der Waals surface area contributed by atoms with Crippen LogP contribution in [0.5, 0.6) is 0 Å². The highest BCUT2D eigenvalue weighted by atomic mass is 16.3. The van der Waals surface area contributed by atoms with Crippen LogP contribution in [-0.2, 0) is 26.5 Å².